The van der Waals surface area contributed by atoms with E-state index >= 15 is 0 Å². The number of likely N-dealkylation sites (N-methyl/N-ethyl adjacent to an activating group) is 3. The number of benzene rings is 1. The summed E-state index contributed by atoms with van der Waals surface area (Å²) in [5.74, 6) is -5.64. The second-order valence-electron chi connectivity index (χ2n) is 16.8. The van der Waals surface area contributed by atoms with Gasteiger partial charge in [-0.05, 0) is 43.4 Å². The highest BCUT2D eigenvalue weighted by Crippen LogP contribution is 2.28. The molecule has 0 aliphatic rings. The van der Waals surface area contributed by atoms with Gasteiger partial charge in [0.2, 0.25) is 29.5 Å². The van der Waals surface area contributed by atoms with Gasteiger partial charge < -0.3 is 62.3 Å². The van der Waals surface area contributed by atoms with Crippen LogP contribution in [-0.4, -0.2) is 136 Å². The summed E-state index contributed by atoms with van der Waals surface area (Å²) in [7, 11) is 4.12. The molecule has 0 saturated carbocycles. The number of unbranched alkanes of at least 4 members (excludes halogenated alkanes) is 12. The van der Waals surface area contributed by atoms with Crippen molar-refractivity contribution in [3.8, 4) is 5.75 Å². The summed E-state index contributed by atoms with van der Waals surface area (Å²) in [6.45, 7) is 5.71. The molecule has 1 aromatic rings. The Morgan fingerprint density at radius 1 is 0.734 bits per heavy atom. The van der Waals surface area contributed by atoms with Crippen molar-refractivity contribution in [2.45, 2.75) is 161 Å². The second kappa shape index (κ2) is 31.3. The van der Waals surface area contributed by atoms with Gasteiger partial charge in [0, 0.05) is 45.7 Å². The Morgan fingerprint density at radius 2 is 1.30 bits per heavy atom. The Hall–Kier alpha value is -4.62. The number of carbonyl (C=O) groups is 6. The minimum atomic E-state index is -1.67. The molecule has 0 spiro atoms. The van der Waals surface area contributed by atoms with Gasteiger partial charge in [-0.3, -0.25) is 28.8 Å². The fourth-order valence-electron chi connectivity index (χ4n) is 7.09. The average Bonchev–Trinajstić information content (AvgIpc) is 3.27. The molecule has 1 aromatic carbocycles. The van der Waals surface area contributed by atoms with Crippen molar-refractivity contribution < 1.29 is 54.3 Å². The van der Waals surface area contributed by atoms with Crippen molar-refractivity contribution in [3.05, 3.63) is 35.4 Å². The SMILES string of the molecule is CCCCCCCCCCCCCCCC(=O)N(C)[C@H](CCO)C(=O)N[C@H](N)C(=O)NCC(=O)N(C)[C@H](C(=O)N[C@@H](C)C(=O)NC)c1ccc(O)c(/C=C/C(O)C(C)[C@@H](C)C(O)O)c1. The number of amides is 6. The molecule has 64 heavy (non-hydrogen) atoms. The maximum absolute atomic E-state index is 13.7. The summed E-state index contributed by atoms with van der Waals surface area (Å²) < 4.78 is 0. The fourth-order valence-corrected chi connectivity index (χ4v) is 7.09. The van der Waals surface area contributed by atoms with Crippen LogP contribution in [0, 0.1) is 11.8 Å². The minimum Gasteiger partial charge on any atom is -0.507 e. The summed E-state index contributed by atoms with van der Waals surface area (Å²) in [5.41, 5.74) is 6.31. The van der Waals surface area contributed by atoms with E-state index in [0.717, 1.165) is 24.2 Å². The number of aliphatic hydroxyl groups is 4. The van der Waals surface area contributed by atoms with E-state index in [-0.39, 0.29) is 35.6 Å². The normalized spacial score (nSPS) is 14.8. The number of phenolic OH excluding ortho intramolecular Hbond substituents is 1. The van der Waals surface area contributed by atoms with Gasteiger partial charge in [-0.1, -0.05) is 116 Å². The van der Waals surface area contributed by atoms with Gasteiger partial charge in [-0.15, -0.1) is 0 Å². The van der Waals surface area contributed by atoms with E-state index in [1.165, 1.54) is 121 Å². The summed E-state index contributed by atoms with van der Waals surface area (Å²) in [4.78, 5) is 81.1. The number of carbonyl (C=O) groups excluding carboxylic acids is 6. The predicted octanol–water partition coefficient (Wildman–Crippen LogP) is 2.31. The van der Waals surface area contributed by atoms with Gasteiger partial charge >= 0.3 is 0 Å². The number of nitrogens with one attached hydrogen (secondary N) is 4. The predicted molar refractivity (Wildman–Crippen MR) is 245 cm³/mol. The van der Waals surface area contributed by atoms with Crippen molar-refractivity contribution in [1.82, 2.24) is 31.1 Å². The van der Waals surface area contributed by atoms with E-state index in [1.807, 2.05) is 0 Å². The highest BCUT2D eigenvalue weighted by Gasteiger charge is 2.33. The van der Waals surface area contributed by atoms with E-state index in [0.29, 0.717) is 6.42 Å². The Kier molecular flexibility index (Phi) is 28.1. The van der Waals surface area contributed by atoms with Crippen molar-refractivity contribution >= 4 is 41.5 Å². The molecular weight excluding hydrogens is 827 g/mol. The van der Waals surface area contributed by atoms with Crippen LogP contribution < -0.4 is 27.0 Å². The lowest BCUT2D eigenvalue weighted by Crippen LogP contribution is -2.58. The van der Waals surface area contributed by atoms with Crippen molar-refractivity contribution in [1.29, 1.82) is 0 Å². The van der Waals surface area contributed by atoms with E-state index in [1.54, 1.807) is 13.8 Å². The molecule has 0 aliphatic heterocycles. The molecule has 0 aromatic heterocycles. The van der Waals surface area contributed by atoms with Gasteiger partial charge in [0.25, 0.3) is 5.91 Å². The minimum absolute atomic E-state index is 0.103. The molecule has 7 atom stereocenters. The van der Waals surface area contributed by atoms with E-state index < -0.39 is 91.2 Å². The second-order valence-corrected chi connectivity index (χ2v) is 16.8. The Labute approximate surface area is 379 Å². The van der Waals surface area contributed by atoms with Crippen LogP contribution in [0.3, 0.4) is 0 Å². The lowest BCUT2D eigenvalue weighted by atomic mass is 9.89. The van der Waals surface area contributed by atoms with Crippen LogP contribution in [0.5, 0.6) is 5.75 Å². The lowest BCUT2D eigenvalue weighted by Gasteiger charge is -2.30. The number of hydrogen-bond acceptors (Lipinski definition) is 12. The molecule has 0 aliphatic carbocycles. The van der Waals surface area contributed by atoms with Crippen LogP contribution in [-0.2, 0) is 28.8 Å². The van der Waals surface area contributed by atoms with Gasteiger partial charge in [0.05, 0.1) is 12.6 Å². The van der Waals surface area contributed by atoms with E-state index in [4.69, 9.17) is 5.73 Å². The number of phenols is 1. The smallest absolute Gasteiger partial charge is 0.257 e. The van der Waals surface area contributed by atoms with Gasteiger partial charge in [0.1, 0.15) is 23.9 Å². The van der Waals surface area contributed by atoms with Crippen LogP contribution in [0.25, 0.3) is 6.08 Å². The fraction of sp³-hybridized carbons (Fsp3) is 0.696. The number of hydrogen-bond donors (Lipinski definition) is 10. The number of nitrogens with zero attached hydrogens (tertiary/aromatic N) is 2. The standard InChI is InChI=1S/C46H79N7O11/c1-8-9-10-11-12-13-14-15-16-17-18-19-20-21-38(57)52(6)35(26-27-54)43(60)51-41(47)45(62)49-29-39(58)53(7)40(44(61)50-32(4)42(59)48-5)34-23-25-37(56)33(28-34)22-24-36(55)30(2)31(3)46(63)64/h22-25,28,30-32,35-36,40-41,46,54-56,63-64H,8-21,26-27,29,47H2,1-7H3,(H,48,59)(H,49,62)(H,50,61)(H,51,60)/b24-22+/t30?,31-,32+,35-,36?,40+,41+/m1/s1. The maximum Gasteiger partial charge on any atom is 0.257 e. The van der Waals surface area contributed by atoms with Crippen LogP contribution in [0.15, 0.2) is 24.3 Å². The van der Waals surface area contributed by atoms with E-state index in [2.05, 4.69) is 28.2 Å². The topological polar surface area (TPSA) is 284 Å². The zero-order chi connectivity index (χ0) is 48.4. The zero-order valence-electron chi connectivity index (χ0n) is 39.2. The molecule has 6 amide bonds. The Morgan fingerprint density at radius 3 is 1.83 bits per heavy atom. The van der Waals surface area contributed by atoms with E-state index in [9.17, 15) is 54.3 Å². The summed E-state index contributed by atoms with van der Waals surface area (Å²) in [5, 5.41) is 59.6. The zero-order valence-corrected chi connectivity index (χ0v) is 39.2. The average molecular weight is 906 g/mol. The lowest BCUT2D eigenvalue weighted by molar-refractivity contribution is -0.141. The van der Waals surface area contributed by atoms with Crippen LogP contribution in [0.1, 0.15) is 141 Å². The molecule has 18 nitrogen and oxygen atoms in total. The van der Waals surface area contributed by atoms with Crippen LogP contribution in [0.4, 0.5) is 0 Å². The third-order valence-electron chi connectivity index (χ3n) is 11.8. The molecule has 0 saturated heterocycles. The maximum atomic E-state index is 13.7. The molecule has 11 N–H and O–H groups in total. The first-order valence-electron chi connectivity index (χ1n) is 22.9. The first-order chi connectivity index (χ1) is 30.3. The van der Waals surface area contributed by atoms with Crippen LogP contribution >= 0.6 is 0 Å². The highest BCUT2D eigenvalue weighted by atomic mass is 16.5. The number of aromatic hydroxyl groups is 1. The van der Waals surface area contributed by atoms with Crippen LogP contribution in [0.2, 0.25) is 0 Å². The summed E-state index contributed by atoms with van der Waals surface area (Å²) in [6, 6.07) is 0.478. The number of rotatable bonds is 32. The first-order valence-corrected chi connectivity index (χ1v) is 22.9. The highest BCUT2D eigenvalue weighted by molar-refractivity contribution is 5.95. The number of aliphatic hydroxyl groups excluding tert-OH is 3. The molecule has 2 unspecified atom stereocenters. The van der Waals surface area contributed by atoms with Gasteiger partial charge in [-0.2, -0.15) is 0 Å². The number of nitrogens with two attached hydrogens (primary N) is 1. The van der Waals surface area contributed by atoms with Gasteiger partial charge in [0.15, 0.2) is 12.5 Å². The Bertz CT molecular complexity index is 1630. The molecular formula is C46H79N7O11. The molecule has 1 rings (SSSR count). The quantitative estimate of drug-likeness (QED) is 0.0369. The molecule has 0 fully saturated rings. The third kappa shape index (κ3) is 20.5. The third-order valence-corrected chi connectivity index (χ3v) is 11.8. The largest absolute Gasteiger partial charge is 0.507 e. The molecule has 18 heteroatoms. The first kappa shape index (κ1) is 57.4. The monoisotopic (exact) mass is 906 g/mol. The van der Waals surface area contributed by atoms with Crippen molar-refractivity contribution in [3.63, 3.8) is 0 Å². The summed E-state index contributed by atoms with van der Waals surface area (Å²) >= 11 is 0. The molecule has 0 bridgehead atoms. The van der Waals surface area contributed by atoms with Crippen molar-refractivity contribution in [2.75, 3.05) is 34.3 Å². The molecule has 364 valence electrons. The van der Waals surface area contributed by atoms with Gasteiger partial charge in [-0.25, -0.2) is 0 Å². The Balaban J connectivity index is 2.94. The van der Waals surface area contributed by atoms with Crippen molar-refractivity contribution in [2.24, 2.45) is 17.6 Å². The summed E-state index contributed by atoms with van der Waals surface area (Å²) in [6.07, 6.45) is 13.4. The molecule has 0 heterocycles. The molecule has 0 radical (unpaired) electrons.